The number of imide groups is 1. The Bertz CT molecular complexity index is 629. The molecule has 2 heterocycles. The van der Waals surface area contributed by atoms with E-state index in [0.29, 0.717) is 12.8 Å². The summed E-state index contributed by atoms with van der Waals surface area (Å²) in [6, 6.07) is 0. The Kier molecular flexibility index (Phi) is 6.34. The van der Waals surface area contributed by atoms with Gasteiger partial charge in [0.15, 0.2) is 0 Å². The van der Waals surface area contributed by atoms with Crippen molar-refractivity contribution in [3.8, 4) is 0 Å². The van der Waals surface area contributed by atoms with Gasteiger partial charge in [-0.3, -0.25) is 19.6 Å². The van der Waals surface area contributed by atoms with Crippen LogP contribution in [0.3, 0.4) is 0 Å². The molecule has 0 spiro atoms. The number of carbonyl (C=O) groups is 2. The zero-order chi connectivity index (χ0) is 16.0. The van der Waals surface area contributed by atoms with Crippen LogP contribution in [0.15, 0.2) is 0 Å². The van der Waals surface area contributed by atoms with Crippen LogP contribution in [0.4, 0.5) is 0 Å². The van der Waals surface area contributed by atoms with E-state index >= 15 is 0 Å². The van der Waals surface area contributed by atoms with Crippen molar-refractivity contribution in [2.75, 3.05) is 0 Å². The number of aromatic nitrogens is 2. The SMILES string of the molecule is C/C=c1/c(C2CCC(=O)NC2=O)nn(C)/c1=C/C.CCC. The maximum absolute atomic E-state index is 11.9. The van der Waals surface area contributed by atoms with E-state index in [4.69, 9.17) is 0 Å². The minimum absolute atomic E-state index is 0.198. The van der Waals surface area contributed by atoms with E-state index in [2.05, 4.69) is 24.3 Å². The van der Waals surface area contributed by atoms with E-state index in [0.717, 1.165) is 16.3 Å². The Balaban J connectivity index is 0.000000677. The maximum atomic E-state index is 11.9. The average Bonchev–Trinajstić information content (AvgIpc) is 2.75. The molecule has 0 saturated carbocycles. The quantitative estimate of drug-likeness (QED) is 0.784. The molecule has 1 aromatic rings. The van der Waals surface area contributed by atoms with E-state index in [1.54, 1.807) is 4.68 Å². The van der Waals surface area contributed by atoms with Gasteiger partial charge in [0.2, 0.25) is 11.8 Å². The molecule has 1 atom stereocenters. The van der Waals surface area contributed by atoms with Gasteiger partial charge in [0, 0.05) is 18.7 Å². The van der Waals surface area contributed by atoms with Crippen molar-refractivity contribution in [3.63, 3.8) is 0 Å². The molecule has 116 valence electrons. The lowest BCUT2D eigenvalue weighted by molar-refractivity contribution is -0.134. The van der Waals surface area contributed by atoms with Crippen molar-refractivity contribution in [2.24, 2.45) is 7.05 Å². The monoisotopic (exact) mass is 291 g/mol. The number of aryl methyl sites for hydroxylation is 1. The van der Waals surface area contributed by atoms with Gasteiger partial charge in [-0.25, -0.2) is 0 Å². The Morgan fingerprint density at radius 2 is 1.90 bits per heavy atom. The molecule has 1 aliphatic heterocycles. The van der Waals surface area contributed by atoms with Gasteiger partial charge in [-0.1, -0.05) is 32.4 Å². The highest BCUT2D eigenvalue weighted by Gasteiger charge is 2.30. The first-order valence-corrected chi connectivity index (χ1v) is 7.49. The molecule has 2 amide bonds. The summed E-state index contributed by atoms with van der Waals surface area (Å²) in [6.07, 6.45) is 6.09. The van der Waals surface area contributed by atoms with Crippen LogP contribution in [0.25, 0.3) is 12.2 Å². The van der Waals surface area contributed by atoms with Crippen LogP contribution in [0, 0.1) is 0 Å². The third-order valence-corrected chi connectivity index (χ3v) is 3.29. The summed E-state index contributed by atoms with van der Waals surface area (Å²) in [5, 5.41) is 8.79. The molecule has 0 radical (unpaired) electrons. The van der Waals surface area contributed by atoms with Crippen LogP contribution in [0.1, 0.15) is 58.6 Å². The zero-order valence-corrected chi connectivity index (χ0v) is 13.6. The second-order valence-electron chi connectivity index (χ2n) is 5.10. The second-order valence-corrected chi connectivity index (χ2v) is 5.10. The number of hydrogen-bond acceptors (Lipinski definition) is 3. The minimum atomic E-state index is -0.325. The van der Waals surface area contributed by atoms with Crippen LogP contribution in [-0.4, -0.2) is 21.6 Å². The highest BCUT2D eigenvalue weighted by Crippen LogP contribution is 2.20. The molecule has 0 aromatic carbocycles. The molecule has 1 aromatic heterocycles. The summed E-state index contributed by atoms with van der Waals surface area (Å²) in [5.74, 6) is -0.764. The smallest absolute Gasteiger partial charge is 0.235 e. The largest absolute Gasteiger partial charge is 0.296 e. The molecule has 1 fully saturated rings. The van der Waals surface area contributed by atoms with Gasteiger partial charge in [0.1, 0.15) is 0 Å². The van der Waals surface area contributed by atoms with E-state index in [1.807, 2.05) is 33.0 Å². The van der Waals surface area contributed by atoms with Gasteiger partial charge in [0.05, 0.1) is 17.0 Å². The fourth-order valence-electron chi connectivity index (χ4n) is 2.42. The third kappa shape index (κ3) is 3.80. The Morgan fingerprint density at radius 1 is 1.29 bits per heavy atom. The molecular weight excluding hydrogens is 266 g/mol. The van der Waals surface area contributed by atoms with Gasteiger partial charge >= 0.3 is 0 Å². The van der Waals surface area contributed by atoms with Crippen molar-refractivity contribution in [1.82, 2.24) is 15.1 Å². The van der Waals surface area contributed by atoms with Gasteiger partial charge in [-0.15, -0.1) is 0 Å². The molecule has 5 nitrogen and oxygen atoms in total. The predicted octanol–water partition coefficient (Wildman–Crippen LogP) is 0.957. The molecule has 2 rings (SSSR count). The number of rotatable bonds is 1. The van der Waals surface area contributed by atoms with E-state index in [-0.39, 0.29) is 17.7 Å². The lowest BCUT2D eigenvalue weighted by atomic mass is 9.94. The average molecular weight is 291 g/mol. The standard InChI is InChI=1S/C13H17N3O2.C3H8/c1-4-8-10(5-2)16(3)15-12(8)9-6-7-11(17)14-13(9)18;1-3-2/h4-5,9H,6-7H2,1-3H3,(H,14,17,18);3H2,1-2H3/b8-4+,10-5+;. The zero-order valence-electron chi connectivity index (χ0n) is 13.6. The van der Waals surface area contributed by atoms with Gasteiger partial charge in [-0.05, 0) is 20.3 Å². The van der Waals surface area contributed by atoms with Crippen molar-refractivity contribution in [1.29, 1.82) is 0 Å². The highest BCUT2D eigenvalue weighted by atomic mass is 16.2. The van der Waals surface area contributed by atoms with Gasteiger partial charge < -0.3 is 0 Å². The van der Waals surface area contributed by atoms with Crippen molar-refractivity contribution < 1.29 is 9.59 Å². The number of hydrogen-bond donors (Lipinski definition) is 1. The molecule has 1 N–H and O–H groups in total. The van der Waals surface area contributed by atoms with Crippen LogP contribution < -0.4 is 15.9 Å². The fourth-order valence-corrected chi connectivity index (χ4v) is 2.42. The minimum Gasteiger partial charge on any atom is -0.296 e. The number of nitrogens with one attached hydrogen (secondary N) is 1. The number of piperidine rings is 1. The van der Waals surface area contributed by atoms with Crippen molar-refractivity contribution >= 4 is 24.0 Å². The van der Waals surface area contributed by atoms with Crippen LogP contribution in [0.5, 0.6) is 0 Å². The number of amides is 2. The normalized spacial score (nSPS) is 20.1. The summed E-state index contributed by atoms with van der Waals surface area (Å²) < 4.78 is 1.77. The van der Waals surface area contributed by atoms with E-state index in [1.165, 1.54) is 6.42 Å². The lowest BCUT2D eigenvalue weighted by Gasteiger charge is -2.18. The summed E-state index contributed by atoms with van der Waals surface area (Å²) in [6.45, 7) is 8.12. The predicted molar refractivity (Wildman–Crippen MR) is 83.8 cm³/mol. The van der Waals surface area contributed by atoms with E-state index in [9.17, 15) is 9.59 Å². The first-order valence-electron chi connectivity index (χ1n) is 7.49. The molecule has 1 unspecified atom stereocenters. The highest BCUT2D eigenvalue weighted by molar-refractivity contribution is 6.00. The van der Waals surface area contributed by atoms with Gasteiger partial charge in [-0.2, -0.15) is 5.10 Å². The Morgan fingerprint density at radius 3 is 2.38 bits per heavy atom. The Hall–Kier alpha value is -1.91. The molecule has 5 heteroatoms. The van der Waals surface area contributed by atoms with Crippen LogP contribution in [0.2, 0.25) is 0 Å². The van der Waals surface area contributed by atoms with Crippen LogP contribution in [-0.2, 0) is 16.6 Å². The van der Waals surface area contributed by atoms with Crippen molar-refractivity contribution in [2.45, 2.75) is 52.9 Å². The molecule has 0 aliphatic carbocycles. The van der Waals surface area contributed by atoms with E-state index < -0.39 is 0 Å². The lowest BCUT2D eigenvalue weighted by Crippen LogP contribution is -2.41. The molecule has 1 aliphatic rings. The number of nitrogens with zero attached hydrogens (tertiary/aromatic N) is 2. The summed E-state index contributed by atoms with van der Waals surface area (Å²) in [5.41, 5.74) is 0.762. The third-order valence-electron chi connectivity index (χ3n) is 3.29. The first kappa shape index (κ1) is 17.1. The second kappa shape index (κ2) is 7.76. The maximum Gasteiger partial charge on any atom is 0.235 e. The van der Waals surface area contributed by atoms with Crippen molar-refractivity contribution in [3.05, 3.63) is 16.3 Å². The first-order chi connectivity index (χ1) is 9.99. The molecule has 21 heavy (non-hydrogen) atoms. The Labute approximate surface area is 125 Å². The molecule has 0 bridgehead atoms. The number of carbonyl (C=O) groups excluding carboxylic acids is 2. The van der Waals surface area contributed by atoms with Crippen LogP contribution >= 0.6 is 0 Å². The topological polar surface area (TPSA) is 64.0 Å². The summed E-state index contributed by atoms with van der Waals surface area (Å²) in [7, 11) is 1.86. The summed E-state index contributed by atoms with van der Waals surface area (Å²) in [4.78, 5) is 23.0. The summed E-state index contributed by atoms with van der Waals surface area (Å²) >= 11 is 0. The molecule has 1 saturated heterocycles. The fraction of sp³-hybridized carbons (Fsp3) is 0.562. The van der Waals surface area contributed by atoms with Gasteiger partial charge in [0.25, 0.3) is 0 Å². The molecular formula is C16H25N3O2.